The normalized spacial score (nSPS) is 27.7. The van der Waals surface area contributed by atoms with Gasteiger partial charge in [-0.3, -0.25) is 0 Å². The highest BCUT2D eigenvalue weighted by Gasteiger charge is 2.38. The zero-order valence-electron chi connectivity index (χ0n) is 10.4. The molecule has 0 saturated carbocycles. The number of aromatic nitrogens is 1. The van der Waals surface area contributed by atoms with E-state index in [-0.39, 0.29) is 0 Å². The van der Waals surface area contributed by atoms with Crippen LogP contribution in [0.1, 0.15) is 12.3 Å². The molecule has 2 saturated heterocycles. The number of piperidine rings is 1. The highest BCUT2D eigenvalue weighted by molar-refractivity contribution is 6.27. The summed E-state index contributed by atoms with van der Waals surface area (Å²) in [6, 6.07) is 0. The Kier molecular flexibility index (Phi) is 4.16. The Hall–Kier alpha value is -1.89. The van der Waals surface area contributed by atoms with Crippen molar-refractivity contribution >= 4 is 11.9 Å². The van der Waals surface area contributed by atoms with Gasteiger partial charge in [-0.05, 0) is 24.8 Å². The number of rotatable bonds is 2. The van der Waals surface area contributed by atoms with E-state index in [1.807, 2.05) is 0 Å². The Morgan fingerprint density at radius 2 is 2.11 bits per heavy atom. The van der Waals surface area contributed by atoms with Crippen molar-refractivity contribution in [2.45, 2.75) is 12.8 Å². The molecule has 7 nitrogen and oxygen atoms in total. The number of oxazole rings is 1. The van der Waals surface area contributed by atoms with E-state index in [1.54, 1.807) is 12.5 Å². The Morgan fingerprint density at radius 3 is 2.53 bits per heavy atom. The molecule has 2 fully saturated rings. The standard InChI is InChI=1S/C10H14N2O.C2H2O4/c1-3-12-6-8(1)9(7-12)5-10-11-2-4-13-10;3-1(4)2(5)6/h2,4,8-9H,1,3,5-7H2;(H,3,4)(H,5,6). The number of carboxylic acid groups (broad SMARTS) is 2. The molecule has 1 aromatic rings. The fourth-order valence-corrected chi connectivity index (χ4v) is 2.70. The average Bonchev–Trinajstić information content (AvgIpc) is 3.06. The summed E-state index contributed by atoms with van der Waals surface area (Å²) in [7, 11) is 0. The van der Waals surface area contributed by atoms with Gasteiger partial charge in [0.2, 0.25) is 0 Å². The molecule has 0 aliphatic carbocycles. The summed E-state index contributed by atoms with van der Waals surface area (Å²) in [6.45, 7) is 3.88. The van der Waals surface area contributed by atoms with E-state index in [2.05, 4.69) is 9.88 Å². The Bertz CT molecular complexity index is 433. The number of fused-ring (bicyclic) bond motifs is 2. The number of nitrogens with zero attached hydrogens (tertiary/aromatic N) is 2. The van der Waals surface area contributed by atoms with E-state index in [9.17, 15) is 0 Å². The lowest BCUT2D eigenvalue weighted by molar-refractivity contribution is -0.159. The third-order valence-corrected chi connectivity index (χ3v) is 3.57. The smallest absolute Gasteiger partial charge is 0.414 e. The maximum Gasteiger partial charge on any atom is 0.414 e. The van der Waals surface area contributed by atoms with Crippen LogP contribution in [0.4, 0.5) is 0 Å². The molecule has 0 aromatic carbocycles. The van der Waals surface area contributed by atoms with Crippen molar-refractivity contribution in [1.82, 2.24) is 9.88 Å². The summed E-state index contributed by atoms with van der Waals surface area (Å²) < 4.78 is 5.27. The van der Waals surface area contributed by atoms with E-state index in [1.165, 1.54) is 26.1 Å². The third kappa shape index (κ3) is 3.54. The molecule has 2 aliphatic rings. The number of carboxylic acids is 2. The van der Waals surface area contributed by atoms with Crippen LogP contribution in [-0.2, 0) is 16.0 Å². The topological polar surface area (TPSA) is 104 Å². The van der Waals surface area contributed by atoms with Crippen molar-refractivity contribution in [3.8, 4) is 0 Å². The highest BCUT2D eigenvalue weighted by Crippen LogP contribution is 2.34. The van der Waals surface area contributed by atoms with E-state index in [0.717, 1.165) is 24.1 Å². The minimum Gasteiger partial charge on any atom is -0.473 e. The van der Waals surface area contributed by atoms with Crippen LogP contribution in [0, 0.1) is 11.8 Å². The average molecular weight is 268 g/mol. The van der Waals surface area contributed by atoms with Crippen LogP contribution in [0.15, 0.2) is 16.9 Å². The Labute approximate surface area is 109 Å². The van der Waals surface area contributed by atoms with Gasteiger partial charge in [-0.2, -0.15) is 0 Å². The van der Waals surface area contributed by atoms with Gasteiger partial charge in [-0.15, -0.1) is 0 Å². The Balaban J connectivity index is 0.000000192. The molecule has 2 aliphatic heterocycles. The summed E-state index contributed by atoms with van der Waals surface area (Å²) >= 11 is 0. The van der Waals surface area contributed by atoms with Gasteiger partial charge in [0, 0.05) is 19.5 Å². The van der Waals surface area contributed by atoms with Crippen molar-refractivity contribution in [1.29, 1.82) is 0 Å². The molecule has 104 valence electrons. The van der Waals surface area contributed by atoms with E-state index >= 15 is 0 Å². The largest absolute Gasteiger partial charge is 0.473 e. The van der Waals surface area contributed by atoms with E-state index in [4.69, 9.17) is 24.2 Å². The number of aliphatic carboxylic acids is 2. The van der Waals surface area contributed by atoms with Crippen LogP contribution in [0.3, 0.4) is 0 Å². The van der Waals surface area contributed by atoms with Crippen LogP contribution in [-0.4, -0.2) is 51.7 Å². The van der Waals surface area contributed by atoms with Gasteiger partial charge in [-0.1, -0.05) is 0 Å². The van der Waals surface area contributed by atoms with E-state index in [0.29, 0.717) is 0 Å². The van der Waals surface area contributed by atoms with Gasteiger partial charge in [0.25, 0.3) is 0 Å². The molecule has 3 unspecified atom stereocenters. The van der Waals surface area contributed by atoms with Crippen molar-refractivity contribution in [2.75, 3.05) is 19.6 Å². The summed E-state index contributed by atoms with van der Waals surface area (Å²) in [5.74, 6) is -1.02. The molecular formula is C12H16N2O5. The van der Waals surface area contributed by atoms with Gasteiger partial charge in [-0.25, -0.2) is 14.6 Å². The van der Waals surface area contributed by atoms with Crippen molar-refractivity contribution in [2.24, 2.45) is 11.8 Å². The van der Waals surface area contributed by atoms with Gasteiger partial charge in [0.1, 0.15) is 6.26 Å². The lowest BCUT2D eigenvalue weighted by Crippen LogP contribution is -2.24. The second-order valence-electron chi connectivity index (χ2n) is 4.81. The summed E-state index contributed by atoms with van der Waals surface area (Å²) in [5.41, 5.74) is 0. The number of hydrogen-bond acceptors (Lipinski definition) is 5. The molecule has 19 heavy (non-hydrogen) atoms. The van der Waals surface area contributed by atoms with Gasteiger partial charge in [0.05, 0.1) is 6.20 Å². The molecule has 0 radical (unpaired) electrons. The fourth-order valence-electron chi connectivity index (χ4n) is 2.70. The fraction of sp³-hybridized carbons (Fsp3) is 0.583. The molecule has 0 amide bonds. The molecule has 2 bridgehead atoms. The van der Waals surface area contributed by atoms with Gasteiger partial charge >= 0.3 is 11.9 Å². The van der Waals surface area contributed by atoms with Crippen LogP contribution >= 0.6 is 0 Å². The van der Waals surface area contributed by atoms with Crippen molar-refractivity contribution in [3.05, 3.63) is 18.4 Å². The third-order valence-electron chi connectivity index (χ3n) is 3.57. The van der Waals surface area contributed by atoms with Crippen LogP contribution in [0.2, 0.25) is 0 Å². The molecule has 3 atom stereocenters. The summed E-state index contributed by atoms with van der Waals surface area (Å²) in [5, 5.41) is 14.8. The number of carbonyl (C=O) groups is 2. The summed E-state index contributed by atoms with van der Waals surface area (Å²) in [4.78, 5) is 24.9. The first-order valence-corrected chi connectivity index (χ1v) is 6.13. The van der Waals surface area contributed by atoms with E-state index < -0.39 is 11.9 Å². The van der Waals surface area contributed by atoms with Gasteiger partial charge in [0.15, 0.2) is 5.89 Å². The van der Waals surface area contributed by atoms with Crippen molar-refractivity contribution < 1.29 is 24.2 Å². The van der Waals surface area contributed by atoms with Crippen LogP contribution in [0.5, 0.6) is 0 Å². The lowest BCUT2D eigenvalue weighted by atomic mass is 9.90. The predicted molar refractivity (Wildman–Crippen MR) is 63.5 cm³/mol. The second kappa shape index (κ2) is 5.83. The number of hydrogen-bond donors (Lipinski definition) is 2. The van der Waals surface area contributed by atoms with Crippen molar-refractivity contribution in [3.63, 3.8) is 0 Å². The SMILES string of the molecule is O=C(O)C(=O)O.c1coc(CC2CN3CCC2C3)n1. The first-order chi connectivity index (χ1) is 9.06. The first kappa shape index (κ1) is 13.5. The van der Waals surface area contributed by atoms with Gasteiger partial charge < -0.3 is 19.5 Å². The predicted octanol–water partition coefficient (Wildman–Crippen LogP) is 0.324. The minimum absolute atomic E-state index is 0.799. The van der Waals surface area contributed by atoms with Crippen LogP contribution in [0.25, 0.3) is 0 Å². The molecule has 3 heterocycles. The zero-order valence-corrected chi connectivity index (χ0v) is 10.4. The Morgan fingerprint density at radius 1 is 1.37 bits per heavy atom. The molecule has 2 N–H and O–H groups in total. The highest BCUT2D eigenvalue weighted by atomic mass is 16.4. The zero-order chi connectivity index (χ0) is 13.8. The minimum atomic E-state index is -1.82. The molecule has 1 aromatic heterocycles. The molecular weight excluding hydrogens is 252 g/mol. The lowest BCUT2D eigenvalue weighted by Gasteiger charge is -2.20. The molecule has 3 rings (SSSR count). The molecule has 0 spiro atoms. The quantitative estimate of drug-likeness (QED) is 0.744. The maximum absolute atomic E-state index is 9.10. The molecule has 7 heteroatoms. The monoisotopic (exact) mass is 268 g/mol. The first-order valence-electron chi connectivity index (χ1n) is 6.13. The summed E-state index contributed by atoms with van der Waals surface area (Å²) in [6.07, 6.45) is 5.82. The maximum atomic E-state index is 9.10. The second-order valence-corrected chi connectivity index (χ2v) is 4.81. The van der Waals surface area contributed by atoms with Crippen LogP contribution < -0.4 is 0 Å².